The van der Waals surface area contributed by atoms with Crippen LogP contribution in [0.4, 0.5) is 0 Å². The Morgan fingerprint density at radius 2 is 1.27 bits per heavy atom. The second-order valence-corrected chi connectivity index (χ2v) is 9.17. The van der Waals surface area contributed by atoms with Crippen molar-refractivity contribution in [3.05, 3.63) is 70.8 Å². The molecule has 0 nitrogen and oxygen atoms in total. The molecule has 0 spiro atoms. The van der Waals surface area contributed by atoms with E-state index in [1.807, 2.05) is 0 Å². The van der Waals surface area contributed by atoms with Gasteiger partial charge in [0, 0.05) is 11.5 Å². The molecule has 30 heavy (non-hydrogen) atoms. The molecule has 0 heterocycles. The number of benzene rings is 2. The number of rotatable bonds is 9. The van der Waals surface area contributed by atoms with Crippen LogP contribution in [0.25, 0.3) is 0 Å². The topological polar surface area (TPSA) is 0 Å². The highest BCUT2D eigenvalue weighted by Gasteiger charge is 2.21. The summed E-state index contributed by atoms with van der Waals surface area (Å²) in [4.78, 5) is 0. The van der Waals surface area contributed by atoms with E-state index in [0.29, 0.717) is 5.92 Å². The fourth-order valence-electron chi connectivity index (χ4n) is 4.60. The van der Waals surface area contributed by atoms with Gasteiger partial charge in [-0.15, -0.1) is 0 Å². The molecule has 1 fully saturated rings. The van der Waals surface area contributed by atoms with E-state index < -0.39 is 0 Å². The van der Waals surface area contributed by atoms with Crippen LogP contribution in [0.1, 0.15) is 106 Å². The summed E-state index contributed by atoms with van der Waals surface area (Å²) in [6.07, 6.45) is 15.4. The van der Waals surface area contributed by atoms with Crippen molar-refractivity contribution in [2.45, 2.75) is 96.8 Å². The number of unbranched alkanes of at least 4 members (excludes halogenated alkanes) is 4. The van der Waals surface area contributed by atoms with E-state index in [4.69, 9.17) is 0 Å². The van der Waals surface area contributed by atoms with Gasteiger partial charge in [-0.05, 0) is 86.1 Å². The maximum absolute atomic E-state index is 3.57. The summed E-state index contributed by atoms with van der Waals surface area (Å²) in [5.41, 5.74) is 5.67. The van der Waals surface area contributed by atoms with Gasteiger partial charge in [0.1, 0.15) is 0 Å². The lowest BCUT2D eigenvalue weighted by atomic mass is 9.78. The van der Waals surface area contributed by atoms with Crippen LogP contribution in [-0.2, 0) is 12.8 Å². The lowest BCUT2D eigenvalue weighted by molar-refractivity contribution is 0.384. The summed E-state index contributed by atoms with van der Waals surface area (Å²) in [7, 11) is 0. The van der Waals surface area contributed by atoms with Crippen molar-refractivity contribution in [3.8, 4) is 11.8 Å². The van der Waals surface area contributed by atoms with Crippen LogP contribution in [0.3, 0.4) is 0 Å². The van der Waals surface area contributed by atoms with Crippen molar-refractivity contribution < 1.29 is 0 Å². The molecule has 3 rings (SSSR count). The standard InChI is InChI=1S/C30H40/c1-3-5-7-8-10-26-17-21-29(22-18-26)30-23-19-28(20-24-30)16-15-27-13-11-25(12-14-27)9-6-4-2/h11-14,17-18,21-22,28,30H,3-10,19-20,23-24H2,1-2H3/t28-,30-. The van der Waals surface area contributed by atoms with Crippen LogP contribution in [0, 0.1) is 17.8 Å². The summed E-state index contributed by atoms with van der Waals surface area (Å²) >= 11 is 0. The average molecular weight is 401 g/mol. The molecule has 0 saturated heterocycles. The van der Waals surface area contributed by atoms with E-state index >= 15 is 0 Å². The van der Waals surface area contributed by atoms with Gasteiger partial charge in [-0.1, -0.05) is 87.8 Å². The molecule has 1 saturated carbocycles. The molecule has 2 aromatic carbocycles. The molecule has 0 bridgehead atoms. The third-order valence-corrected chi connectivity index (χ3v) is 6.69. The maximum atomic E-state index is 3.57. The Bertz CT molecular complexity index is 777. The quantitative estimate of drug-likeness (QED) is 0.292. The molecule has 0 unspecified atom stereocenters. The molecular weight excluding hydrogens is 360 g/mol. The highest BCUT2D eigenvalue weighted by molar-refractivity contribution is 5.37. The monoisotopic (exact) mass is 400 g/mol. The Labute approximate surface area is 185 Å². The largest absolute Gasteiger partial charge is 0.0945 e. The minimum absolute atomic E-state index is 0.568. The molecule has 0 aliphatic heterocycles. The van der Waals surface area contributed by atoms with Gasteiger partial charge >= 0.3 is 0 Å². The van der Waals surface area contributed by atoms with Crippen molar-refractivity contribution in [2.75, 3.05) is 0 Å². The molecule has 2 aromatic rings. The molecule has 0 radical (unpaired) electrons. The van der Waals surface area contributed by atoms with E-state index in [1.54, 1.807) is 5.56 Å². The first kappa shape index (κ1) is 22.7. The highest BCUT2D eigenvalue weighted by Crippen LogP contribution is 2.35. The first-order chi connectivity index (χ1) is 14.8. The average Bonchev–Trinajstić information content (AvgIpc) is 2.81. The third-order valence-electron chi connectivity index (χ3n) is 6.69. The maximum Gasteiger partial charge on any atom is 0.0245 e. The predicted octanol–water partition coefficient (Wildman–Crippen LogP) is 8.48. The number of hydrogen-bond donors (Lipinski definition) is 0. The Morgan fingerprint density at radius 3 is 1.90 bits per heavy atom. The van der Waals surface area contributed by atoms with Crippen LogP contribution in [-0.4, -0.2) is 0 Å². The molecule has 0 aromatic heterocycles. The second-order valence-electron chi connectivity index (χ2n) is 9.17. The smallest absolute Gasteiger partial charge is 0.0245 e. The van der Waals surface area contributed by atoms with Crippen molar-refractivity contribution in [1.82, 2.24) is 0 Å². The van der Waals surface area contributed by atoms with Crippen LogP contribution in [0.2, 0.25) is 0 Å². The van der Waals surface area contributed by atoms with E-state index in [1.165, 1.54) is 93.7 Å². The van der Waals surface area contributed by atoms with E-state index in [9.17, 15) is 0 Å². The van der Waals surface area contributed by atoms with Crippen LogP contribution in [0.15, 0.2) is 48.5 Å². The first-order valence-corrected chi connectivity index (χ1v) is 12.5. The van der Waals surface area contributed by atoms with Crippen LogP contribution in [0.5, 0.6) is 0 Å². The SMILES string of the molecule is CCCCCCc1ccc([C@H]2CC[C@H](C#Cc3ccc(CCCC)cc3)CC2)cc1. The van der Waals surface area contributed by atoms with Crippen molar-refractivity contribution in [3.63, 3.8) is 0 Å². The van der Waals surface area contributed by atoms with E-state index in [0.717, 1.165) is 5.92 Å². The Kier molecular flexibility index (Phi) is 9.56. The van der Waals surface area contributed by atoms with E-state index in [-0.39, 0.29) is 0 Å². The first-order valence-electron chi connectivity index (χ1n) is 12.5. The van der Waals surface area contributed by atoms with Gasteiger partial charge in [0.25, 0.3) is 0 Å². The van der Waals surface area contributed by atoms with Crippen LogP contribution < -0.4 is 0 Å². The summed E-state index contributed by atoms with van der Waals surface area (Å²) in [5.74, 6) is 8.30. The second kappa shape index (κ2) is 12.6. The Balaban J connectivity index is 1.44. The van der Waals surface area contributed by atoms with Gasteiger partial charge in [0.15, 0.2) is 0 Å². The van der Waals surface area contributed by atoms with Gasteiger partial charge in [-0.2, -0.15) is 0 Å². The minimum Gasteiger partial charge on any atom is -0.0945 e. The minimum atomic E-state index is 0.568. The molecule has 1 aliphatic carbocycles. The molecule has 1 aliphatic rings. The number of aryl methyl sites for hydroxylation is 2. The van der Waals surface area contributed by atoms with Crippen molar-refractivity contribution in [1.29, 1.82) is 0 Å². The summed E-state index contributed by atoms with van der Waals surface area (Å²) in [6, 6.07) is 18.4. The highest BCUT2D eigenvalue weighted by atomic mass is 14.2. The molecule has 0 heteroatoms. The summed E-state index contributed by atoms with van der Waals surface area (Å²) in [5, 5.41) is 0. The van der Waals surface area contributed by atoms with Gasteiger partial charge in [-0.25, -0.2) is 0 Å². The molecule has 0 amide bonds. The van der Waals surface area contributed by atoms with Crippen molar-refractivity contribution in [2.24, 2.45) is 5.92 Å². The lowest BCUT2D eigenvalue weighted by Crippen LogP contribution is -2.12. The summed E-state index contributed by atoms with van der Waals surface area (Å²) < 4.78 is 0. The normalized spacial score (nSPS) is 18.6. The zero-order valence-corrected chi connectivity index (χ0v) is 19.3. The Hall–Kier alpha value is -2.00. The zero-order valence-electron chi connectivity index (χ0n) is 19.3. The molecule has 0 atom stereocenters. The van der Waals surface area contributed by atoms with E-state index in [2.05, 4.69) is 74.2 Å². The lowest BCUT2D eigenvalue weighted by Gasteiger charge is -2.26. The summed E-state index contributed by atoms with van der Waals surface area (Å²) in [6.45, 7) is 4.53. The van der Waals surface area contributed by atoms with Crippen LogP contribution >= 0.6 is 0 Å². The molecule has 160 valence electrons. The molecular formula is C30H40. The fourth-order valence-corrected chi connectivity index (χ4v) is 4.60. The number of hydrogen-bond acceptors (Lipinski definition) is 0. The van der Waals surface area contributed by atoms with Gasteiger partial charge in [-0.3, -0.25) is 0 Å². The van der Waals surface area contributed by atoms with Gasteiger partial charge in [0.2, 0.25) is 0 Å². The van der Waals surface area contributed by atoms with Gasteiger partial charge < -0.3 is 0 Å². The Morgan fingerprint density at radius 1 is 0.667 bits per heavy atom. The van der Waals surface area contributed by atoms with Crippen molar-refractivity contribution >= 4 is 0 Å². The van der Waals surface area contributed by atoms with Gasteiger partial charge in [0.05, 0.1) is 0 Å². The third kappa shape index (κ3) is 7.36. The predicted molar refractivity (Wildman–Crippen MR) is 131 cm³/mol. The fraction of sp³-hybridized carbons (Fsp3) is 0.533. The zero-order chi connectivity index (χ0) is 21.0. The molecule has 0 N–H and O–H groups in total.